The molecule has 242 valence electrons. The molecular formula is C37H45N3O4SSi. The van der Waals surface area contributed by atoms with Crippen LogP contribution in [0, 0.1) is 0 Å². The lowest BCUT2D eigenvalue weighted by molar-refractivity contribution is -0.121. The number of rotatable bonds is 10. The Hall–Kier alpha value is -3.82. The van der Waals surface area contributed by atoms with Gasteiger partial charge >= 0.3 is 12.1 Å². The van der Waals surface area contributed by atoms with Gasteiger partial charge in [0.05, 0.1) is 4.75 Å². The molecule has 9 heteroatoms. The zero-order valence-corrected chi connectivity index (χ0v) is 29.3. The van der Waals surface area contributed by atoms with Crippen molar-refractivity contribution in [3.63, 3.8) is 0 Å². The largest absolute Gasteiger partial charge is 0.445 e. The van der Waals surface area contributed by atoms with Crippen LogP contribution in [-0.4, -0.2) is 66.2 Å². The molecule has 2 aliphatic heterocycles. The number of hydrogen-bond donors (Lipinski definition) is 1. The van der Waals surface area contributed by atoms with Gasteiger partial charge in [-0.2, -0.15) is 0 Å². The second-order valence-electron chi connectivity index (χ2n) is 13.7. The van der Waals surface area contributed by atoms with Gasteiger partial charge in [-0.3, -0.25) is 10.1 Å². The maximum Gasteiger partial charge on any atom is 0.410 e. The molecule has 3 aromatic rings. The van der Waals surface area contributed by atoms with Crippen LogP contribution in [0.25, 0.3) is 0 Å². The number of hydrogen-bond acceptors (Lipinski definition) is 5. The zero-order valence-electron chi connectivity index (χ0n) is 27.4. The number of carbonyl (C=O) groups excluding carboxylic acids is 3. The quantitative estimate of drug-likeness (QED) is 0.104. The summed E-state index contributed by atoms with van der Waals surface area (Å²) in [5.41, 5.74) is 3.43. The smallest absolute Gasteiger partial charge is 0.410 e. The lowest BCUT2D eigenvalue weighted by Crippen LogP contribution is -2.60. The molecule has 4 amide bonds. The van der Waals surface area contributed by atoms with Crippen molar-refractivity contribution in [1.29, 1.82) is 0 Å². The molecule has 46 heavy (non-hydrogen) atoms. The standard InChI is InChI=1S/C37H45N3O4SSi/c1-7-23-44-35(43)39-26-31(24-30(39)25-32-33(41)38-34(42)40(32)46(5,6)36(2,3)4)45-37(27-17-11-8-12-18-27,28-19-13-9-14-20-28)29-21-15-10-16-22-29/h7-22,30-32H,1,23-26H2,2-6H3,(H,38,41,42)/t30-,31-,32?/m0/s1. The summed E-state index contributed by atoms with van der Waals surface area (Å²) in [5, 5.41) is 2.43. The van der Waals surface area contributed by atoms with Crippen molar-refractivity contribution in [2.75, 3.05) is 13.2 Å². The van der Waals surface area contributed by atoms with E-state index >= 15 is 0 Å². The van der Waals surface area contributed by atoms with Crippen LogP contribution in [-0.2, 0) is 14.3 Å². The van der Waals surface area contributed by atoms with E-state index in [1.54, 1.807) is 11.0 Å². The fraction of sp³-hybridized carbons (Fsp3) is 0.378. The third-order valence-corrected chi connectivity index (χ3v) is 16.9. The van der Waals surface area contributed by atoms with Crippen LogP contribution >= 0.6 is 11.8 Å². The van der Waals surface area contributed by atoms with E-state index in [4.69, 9.17) is 4.74 Å². The molecule has 3 atom stereocenters. The number of likely N-dealkylation sites (tertiary alicyclic amines) is 1. The van der Waals surface area contributed by atoms with Crippen LogP contribution in [0.1, 0.15) is 50.3 Å². The van der Waals surface area contributed by atoms with Gasteiger partial charge in [0.25, 0.3) is 0 Å². The second kappa shape index (κ2) is 13.5. The molecule has 1 N–H and O–H groups in total. The van der Waals surface area contributed by atoms with Gasteiger partial charge in [-0.05, 0) is 34.6 Å². The van der Waals surface area contributed by atoms with Gasteiger partial charge in [-0.25, -0.2) is 9.59 Å². The Morgan fingerprint density at radius 2 is 1.43 bits per heavy atom. The van der Waals surface area contributed by atoms with Crippen LogP contribution in [0.4, 0.5) is 9.59 Å². The van der Waals surface area contributed by atoms with Gasteiger partial charge in [0.15, 0.2) is 8.24 Å². The van der Waals surface area contributed by atoms with Gasteiger partial charge in [0.2, 0.25) is 5.91 Å². The summed E-state index contributed by atoms with van der Waals surface area (Å²) in [6, 6.07) is 30.2. The maximum absolute atomic E-state index is 13.6. The molecule has 0 spiro atoms. The van der Waals surface area contributed by atoms with Crippen molar-refractivity contribution in [1.82, 2.24) is 14.8 Å². The Bertz CT molecular complexity index is 1450. The van der Waals surface area contributed by atoms with E-state index in [9.17, 15) is 14.4 Å². The molecule has 1 unspecified atom stereocenters. The topological polar surface area (TPSA) is 79.0 Å². The highest BCUT2D eigenvalue weighted by Gasteiger charge is 2.54. The molecule has 2 fully saturated rings. The fourth-order valence-corrected chi connectivity index (χ4v) is 10.7. The number of ether oxygens (including phenoxy) is 1. The molecular weight excluding hydrogens is 611 g/mol. The van der Waals surface area contributed by atoms with Crippen molar-refractivity contribution in [3.05, 3.63) is 120 Å². The van der Waals surface area contributed by atoms with Crippen molar-refractivity contribution >= 4 is 38.0 Å². The van der Waals surface area contributed by atoms with E-state index in [1.165, 1.54) is 0 Å². The molecule has 2 aliphatic rings. The van der Waals surface area contributed by atoms with Gasteiger partial charge in [-0.15, -0.1) is 11.8 Å². The number of imide groups is 1. The van der Waals surface area contributed by atoms with E-state index in [0.717, 1.165) is 16.7 Å². The summed E-state index contributed by atoms with van der Waals surface area (Å²) in [5.74, 6) is -0.294. The summed E-state index contributed by atoms with van der Waals surface area (Å²) < 4.78 is 6.85. The summed E-state index contributed by atoms with van der Waals surface area (Å²) in [7, 11) is -2.42. The number of carbonyl (C=O) groups is 3. The number of nitrogens with one attached hydrogen (secondary N) is 1. The molecule has 0 aromatic heterocycles. The monoisotopic (exact) mass is 655 g/mol. The number of amides is 4. The number of thioether (sulfide) groups is 1. The van der Waals surface area contributed by atoms with Crippen molar-refractivity contribution in [3.8, 4) is 0 Å². The normalized spacial score (nSPS) is 20.5. The first kappa shape index (κ1) is 33.5. The first-order valence-corrected chi connectivity index (χ1v) is 19.8. The first-order chi connectivity index (χ1) is 21.9. The molecule has 5 rings (SSSR count). The minimum atomic E-state index is -2.42. The third-order valence-electron chi connectivity index (χ3n) is 9.82. The Kier molecular flexibility index (Phi) is 9.84. The van der Waals surface area contributed by atoms with Crippen LogP contribution in [0.3, 0.4) is 0 Å². The highest BCUT2D eigenvalue weighted by molar-refractivity contribution is 8.01. The Balaban J connectivity index is 1.55. The molecule has 0 bridgehead atoms. The van der Waals surface area contributed by atoms with E-state index in [1.807, 2.05) is 34.5 Å². The Morgan fingerprint density at radius 3 is 1.89 bits per heavy atom. The number of nitrogens with zero attached hydrogens (tertiary/aromatic N) is 2. The van der Waals surface area contributed by atoms with Crippen molar-refractivity contribution in [2.45, 2.75) is 73.8 Å². The highest BCUT2D eigenvalue weighted by atomic mass is 32.2. The van der Waals surface area contributed by atoms with Crippen LogP contribution in [0.15, 0.2) is 104 Å². The van der Waals surface area contributed by atoms with Crippen molar-refractivity contribution < 1.29 is 19.1 Å². The summed E-state index contributed by atoms with van der Waals surface area (Å²) in [6.45, 7) is 14.9. The molecule has 7 nitrogen and oxygen atoms in total. The van der Waals surface area contributed by atoms with Gasteiger partial charge in [0.1, 0.15) is 12.6 Å². The maximum atomic E-state index is 13.6. The lowest BCUT2D eigenvalue weighted by Gasteiger charge is -2.45. The number of benzene rings is 3. The third kappa shape index (κ3) is 6.40. The summed E-state index contributed by atoms with van der Waals surface area (Å²) >= 11 is 1.84. The Labute approximate surface area is 278 Å². The first-order valence-electron chi connectivity index (χ1n) is 15.9. The summed E-state index contributed by atoms with van der Waals surface area (Å²) in [6.07, 6.45) is 2.12. The van der Waals surface area contributed by atoms with E-state index in [-0.39, 0.29) is 34.9 Å². The predicted octanol–water partition coefficient (Wildman–Crippen LogP) is 7.79. The van der Waals surface area contributed by atoms with Crippen LogP contribution in [0.5, 0.6) is 0 Å². The molecule has 2 saturated heterocycles. The van der Waals surface area contributed by atoms with E-state index in [2.05, 4.69) is 119 Å². The van der Waals surface area contributed by atoms with Gasteiger partial charge in [-0.1, -0.05) is 138 Å². The lowest BCUT2D eigenvalue weighted by atomic mass is 9.84. The fourth-order valence-electron chi connectivity index (χ4n) is 6.57. The molecule has 2 heterocycles. The zero-order chi connectivity index (χ0) is 33.1. The van der Waals surface area contributed by atoms with E-state index < -0.39 is 25.1 Å². The summed E-state index contributed by atoms with van der Waals surface area (Å²) in [4.78, 5) is 42.0. The minimum absolute atomic E-state index is 0.00314. The molecule has 3 aromatic carbocycles. The van der Waals surface area contributed by atoms with Gasteiger partial charge in [0, 0.05) is 17.8 Å². The predicted molar refractivity (Wildman–Crippen MR) is 188 cm³/mol. The highest BCUT2D eigenvalue weighted by Crippen LogP contribution is 2.52. The average molecular weight is 656 g/mol. The van der Waals surface area contributed by atoms with E-state index in [0.29, 0.717) is 19.4 Å². The van der Waals surface area contributed by atoms with Crippen LogP contribution in [0.2, 0.25) is 18.1 Å². The van der Waals surface area contributed by atoms with Crippen molar-refractivity contribution in [2.24, 2.45) is 0 Å². The Morgan fingerprint density at radius 1 is 0.935 bits per heavy atom. The number of urea groups is 1. The second-order valence-corrected chi connectivity index (χ2v) is 20.3. The minimum Gasteiger partial charge on any atom is -0.445 e. The average Bonchev–Trinajstić information content (AvgIpc) is 3.58. The van der Waals surface area contributed by atoms with Gasteiger partial charge < -0.3 is 14.2 Å². The molecule has 0 radical (unpaired) electrons. The van der Waals surface area contributed by atoms with Crippen LogP contribution < -0.4 is 5.32 Å². The SMILES string of the molecule is C=CCOC(=O)N1C[C@@H](SC(c2ccccc2)(c2ccccc2)c2ccccc2)C[C@H]1CC1C(=O)NC(=O)N1[Si](C)(C)C(C)(C)C. The molecule has 0 aliphatic carbocycles. The molecule has 0 saturated carbocycles.